The van der Waals surface area contributed by atoms with Crippen LogP contribution in [0, 0.1) is 6.92 Å². The monoisotopic (exact) mass is 343 g/mol. The van der Waals surface area contributed by atoms with Crippen LogP contribution in [0.2, 0.25) is 0 Å². The Labute approximate surface area is 146 Å². The molecule has 1 amide bonds. The third-order valence-corrected chi connectivity index (χ3v) is 3.77. The smallest absolute Gasteiger partial charge is 0.305 e. The Morgan fingerprint density at radius 2 is 1.80 bits per heavy atom. The largest absolute Gasteiger partial charge is 0.493 e. The van der Waals surface area contributed by atoms with Gasteiger partial charge in [0.2, 0.25) is 0 Å². The van der Waals surface area contributed by atoms with Gasteiger partial charge in [-0.15, -0.1) is 0 Å². The molecule has 2 N–H and O–H groups in total. The molecule has 1 atom stereocenters. The van der Waals surface area contributed by atoms with Crippen LogP contribution in [0.15, 0.2) is 42.5 Å². The van der Waals surface area contributed by atoms with Gasteiger partial charge in [-0.05, 0) is 36.8 Å². The Hall–Kier alpha value is -3.02. The molecule has 0 fully saturated rings. The van der Waals surface area contributed by atoms with Crippen molar-refractivity contribution in [2.45, 2.75) is 19.4 Å². The van der Waals surface area contributed by atoms with Gasteiger partial charge in [0.25, 0.3) is 5.91 Å². The standard InChI is InChI=1S/C19H21NO5/c1-12-5-4-6-14(9-12)19(23)20-15(11-18(21)22)13-7-8-16(24-2)17(10-13)25-3/h4-10,15H,11H2,1-3H3,(H,20,23)(H,21,22). The third kappa shape index (κ3) is 4.73. The molecule has 0 aliphatic rings. The third-order valence-electron chi connectivity index (χ3n) is 3.77. The van der Waals surface area contributed by atoms with Gasteiger partial charge in [0.15, 0.2) is 11.5 Å². The average molecular weight is 343 g/mol. The second-order valence-electron chi connectivity index (χ2n) is 5.61. The molecule has 0 heterocycles. The van der Waals surface area contributed by atoms with Crippen molar-refractivity contribution in [3.63, 3.8) is 0 Å². The lowest BCUT2D eigenvalue weighted by Gasteiger charge is -2.19. The number of ether oxygens (including phenoxy) is 2. The van der Waals surface area contributed by atoms with Crippen molar-refractivity contribution < 1.29 is 24.2 Å². The van der Waals surface area contributed by atoms with Gasteiger partial charge < -0.3 is 19.9 Å². The van der Waals surface area contributed by atoms with E-state index in [0.717, 1.165) is 5.56 Å². The number of benzene rings is 2. The van der Waals surface area contributed by atoms with Crippen LogP contribution in [0.5, 0.6) is 11.5 Å². The first kappa shape index (κ1) is 18.3. The SMILES string of the molecule is COc1ccc(C(CC(=O)O)NC(=O)c2cccc(C)c2)cc1OC. The number of carbonyl (C=O) groups is 2. The molecule has 25 heavy (non-hydrogen) atoms. The topological polar surface area (TPSA) is 84.9 Å². The van der Waals surface area contributed by atoms with Crippen LogP contribution in [-0.4, -0.2) is 31.2 Å². The fraction of sp³-hybridized carbons (Fsp3) is 0.263. The maximum Gasteiger partial charge on any atom is 0.305 e. The lowest BCUT2D eigenvalue weighted by Crippen LogP contribution is -2.30. The van der Waals surface area contributed by atoms with Crippen molar-refractivity contribution in [1.82, 2.24) is 5.32 Å². The molecule has 0 aliphatic heterocycles. The van der Waals surface area contributed by atoms with E-state index < -0.39 is 12.0 Å². The lowest BCUT2D eigenvalue weighted by molar-refractivity contribution is -0.137. The normalized spacial score (nSPS) is 11.5. The summed E-state index contributed by atoms with van der Waals surface area (Å²) in [6.45, 7) is 1.89. The molecule has 0 aromatic heterocycles. The maximum atomic E-state index is 12.5. The fourth-order valence-corrected chi connectivity index (χ4v) is 2.52. The Morgan fingerprint density at radius 1 is 1.08 bits per heavy atom. The van der Waals surface area contributed by atoms with Gasteiger partial charge in [-0.25, -0.2) is 0 Å². The Kier molecular flexibility index (Phi) is 6.00. The van der Waals surface area contributed by atoms with Crippen LogP contribution in [0.4, 0.5) is 0 Å². The summed E-state index contributed by atoms with van der Waals surface area (Å²) < 4.78 is 10.4. The van der Waals surface area contributed by atoms with Crippen LogP contribution >= 0.6 is 0 Å². The zero-order valence-electron chi connectivity index (χ0n) is 14.4. The molecule has 1 unspecified atom stereocenters. The van der Waals surface area contributed by atoms with E-state index in [0.29, 0.717) is 22.6 Å². The van der Waals surface area contributed by atoms with E-state index in [2.05, 4.69) is 5.32 Å². The predicted molar refractivity (Wildman–Crippen MR) is 93.2 cm³/mol. The second-order valence-corrected chi connectivity index (χ2v) is 5.61. The molecule has 0 saturated heterocycles. The highest BCUT2D eigenvalue weighted by Crippen LogP contribution is 2.31. The quantitative estimate of drug-likeness (QED) is 0.807. The molecule has 0 aliphatic carbocycles. The molecule has 2 aromatic carbocycles. The van der Waals surface area contributed by atoms with E-state index >= 15 is 0 Å². The summed E-state index contributed by atoms with van der Waals surface area (Å²) in [7, 11) is 3.02. The van der Waals surface area contributed by atoms with Crippen LogP contribution < -0.4 is 14.8 Å². The number of hydrogen-bond donors (Lipinski definition) is 2. The molecule has 0 spiro atoms. The molecule has 6 heteroatoms. The highest BCUT2D eigenvalue weighted by molar-refractivity contribution is 5.94. The number of rotatable bonds is 7. The van der Waals surface area contributed by atoms with Gasteiger partial charge >= 0.3 is 5.97 Å². The van der Waals surface area contributed by atoms with Crippen molar-refractivity contribution in [2.24, 2.45) is 0 Å². The van der Waals surface area contributed by atoms with E-state index in [-0.39, 0.29) is 12.3 Å². The second kappa shape index (κ2) is 8.19. The number of carboxylic acids is 1. The number of amides is 1. The summed E-state index contributed by atoms with van der Waals surface area (Å²) in [4.78, 5) is 23.7. The molecule has 6 nitrogen and oxygen atoms in total. The summed E-state index contributed by atoms with van der Waals surface area (Å²) in [5.41, 5.74) is 2.06. The maximum absolute atomic E-state index is 12.5. The van der Waals surface area contributed by atoms with Gasteiger partial charge in [-0.1, -0.05) is 23.8 Å². The number of hydrogen-bond acceptors (Lipinski definition) is 4. The van der Waals surface area contributed by atoms with E-state index in [4.69, 9.17) is 9.47 Å². The highest BCUT2D eigenvalue weighted by atomic mass is 16.5. The molecule has 132 valence electrons. The summed E-state index contributed by atoms with van der Waals surface area (Å²) >= 11 is 0. The van der Waals surface area contributed by atoms with Gasteiger partial charge in [0.05, 0.1) is 26.7 Å². The molecule has 0 bridgehead atoms. The van der Waals surface area contributed by atoms with Crippen molar-refractivity contribution in [1.29, 1.82) is 0 Å². The van der Waals surface area contributed by atoms with Gasteiger partial charge in [0.1, 0.15) is 0 Å². The van der Waals surface area contributed by atoms with Crippen molar-refractivity contribution >= 4 is 11.9 Å². The molecular formula is C19H21NO5. The van der Waals surface area contributed by atoms with Gasteiger partial charge in [-0.2, -0.15) is 0 Å². The van der Waals surface area contributed by atoms with E-state index in [9.17, 15) is 14.7 Å². The first-order valence-corrected chi connectivity index (χ1v) is 7.76. The van der Waals surface area contributed by atoms with E-state index in [1.54, 1.807) is 36.4 Å². The minimum absolute atomic E-state index is 0.243. The average Bonchev–Trinajstić information content (AvgIpc) is 2.60. The number of carboxylic acid groups (broad SMARTS) is 1. The molecule has 2 aromatic rings. The molecule has 2 rings (SSSR count). The first-order valence-electron chi connectivity index (χ1n) is 7.76. The molecular weight excluding hydrogens is 322 g/mol. The summed E-state index contributed by atoms with van der Waals surface area (Å²) in [6, 6.07) is 11.5. The minimum atomic E-state index is -1.01. The van der Waals surface area contributed by atoms with Gasteiger partial charge in [-0.3, -0.25) is 9.59 Å². The Morgan fingerprint density at radius 3 is 2.40 bits per heavy atom. The fourth-order valence-electron chi connectivity index (χ4n) is 2.52. The van der Waals surface area contributed by atoms with Crippen LogP contribution in [0.1, 0.15) is 33.9 Å². The summed E-state index contributed by atoms with van der Waals surface area (Å²) in [5.74, 6) is -0.334. The predicted octanol–water partition coefficient (Wildman–Crippen LogP) is 2.96. The Bertz CT molecular complexity index is 772. The zero-order chi connectivity index (χ0) is 18.4. The van der Waals surface area contributed by atoms with E-state index in [1.807, 2.05) is 13.0 Å². The molecule has 0 radical (unpaired) electrons. The summed E-state index contributed by atoms with van der Waals surface area (Å²) in [5, 5.41) is 12.0. The number of carbonyl (C=O) groups excluding carboxylic acids is 1. The van der Waals surface area contributed by atoms with Crippen LogP contribution in [-0.2, 0) is 4.79 Å². The first-order chi connectivity index (χ1) is 11.9. The number of aryl methyl sites for hydroxylation is 1. The van der Waals surface area contributed by atoms with Crippen LogP contribution in [0.25, 0.3) is 0 Å². The zero-order valence-corrected chi connectivity index (χ0v) is 14.4. The van der Waals surface area contributed by atoms with Crippen LogP contribution in [0.3, 0.4) is 0 Å². The minimum Gasteiger partial charge on any atom is -0.493 e. The van der Waals surface area contributed by atoms with Gasteiger partial charge in [0, 0.05) is 5.56 Å². The Balaban J connectivity index is 2.30. The molecule has 0 saturated carbocycles. The van der Waals surface area contributed by atoms with Crippen molar-refractivity contribution in [3.8, 4) is 11.5 Å². The highest BCUT2D eigenvalue weighted by Gasteiger charge is 2.20. The lowest BCUT2D eigenvalue weighted by atomic mass is 10.0. The van der Waals surface area contributed by atoms with Crippen molar-refractivity contribution in [3.05, 3.63) is 59.2 Å². The number of methoxy groups -OCH3 is 2. The van der Waals surface area contributed by atoms with E-state index in [1.165, 1.54) is 14.2 Å². The number of aliphatic carboxylic acids is 1. The number of nitrogens with one attached hydrogen (secondary N) is 1. The van der Waals surface area contributed by atoms with Crippen molar-refractivity contribution in [2.75, 3.05) is 14.2 Å². The summed E-state index contributed by atoms with van der Waals surface area (Å²) in [6.07, 6.45) is -0.243.